The molecule has 18 heavy (non-hydrogen) atoms. The van der Waals surface area contributed by atoms with Gasteiger partial charge in [-0.2, -0.15) is 5.26 Å². The van der Waals surface area contributed by atoms with E-state index in [2.05, 4.69) is 36.5 Å². The molecule has 0 amide bonds. The number of rotatable bonds is 3. The van der Waals surface area contributed by atoms with Crippen LogP contribution >= 0.6 is 0 Å². The van der Waals surface area contributed by atoms with Crippen LogP contribution in [0.2, 0.25) is 0 Å². The zero-order valence-corrected chi connectivity index (χ0v) is 11.1. The second-order valence-electron chi connectivity index (χ2n) is 4.97. The number of hydrogen-bond acceptors (Lipinski definition) is 3. The molecule has 3 nitrogen and oxygen atoms in total. The Morgan fingerprint density at radius 3 is 3.17 bits per heavy atom. The summed E-state index contributed by atoms with van der Waals surface area (Å²) < 4.78 is 5.84. The van der Waals surface area contributed by atoms with Gasteiger partial charge in [0.15, 0.2) is 0 Å². The Labute approximate surface area is 109 Å². The summed E-state index contributed by atoms with van der Waals surface area (Å²) in [7, 11) is 0. The van der Waals surface area contributed by atoms with Crippen molar-refractivity contribution in [3.05, 3.63) is 29.3 Å². The van der Waals surface area contributed by atoms with Gasteiger partial charge in [0, 0.05) is 18.2 Å². The summed E-state index contributed by atoms with van der Waals surface area (Å²) in [4.78, 5) is 0. The Hall–Kier alpha value is -1.53. The van der Waals surface area contributed by atoms with Crippen molar-refractivity contribution >= 4 is 0 Å². The molecule has 96 valence electrons. The monoisotopic (exact) mass is 244 g/mol. The summed E-state index contributed by atoms with van der Waals surface area (Å²) in [6.07, 6.45) is 2.11. The Balaban J connectivity index is 2.17. The number of nitrogens with zero attached hydrogens (tertiary/aromatic N) is 1. The summed E-state index contributed by atoms with van der Waals surface area (Å²) in [6.45, 7) is 5.54. The number of benzene rings is 1. The van der Waals surface area contributed by atoms with Gasteiger partial charge in [0.1, 0.15) is 5.75 Å². The minimum Gasteiger partial charge on any atom is -0.493 e. The highest BCUT2D eigenvalue weighted by molar-refractivity contribution is 5.43. The van der Waals surface area contributed by atoms with Crippen molar-refractivity contribution < 1.29 is 4.74 Å². The Morgan fingerprint density at radius 1 is 1.56 bits per heavy atom. The van der Waals surface area contributed by atoms with Gasteiger partial charge in [-0.05, 0) is 32.3 Å². The van der Waals surface area contributed by atoms with Crippen molar-refractivity contribution in [2.75, 3.05) is 13.2 Å². The molecule has 0 fully saturated rings. The van der Waals surface area contributed by atoms with Crippen LogP contribution < -0.4 is 10.1 Å². The predicted molar refractivity (Wildman–Crippen MR) is 71.4 cm³/mol. The summed E-state index contributed by atoms with van der Waals surface area (Å²) in [6, 6.07) is 8.85. The average Bonchev–Trinajstić information content (AvgIpc) is 2.59. The molecule has 1 aromatic carbocycles. The molecule has 2 rings (SSSR count). The number of nitrogens with one attached hydrogen (secondary N) is 1. The maximum Gasteiger partial charge on any atom is 0.126 e. The molecule has 2 atom stereocenters. The average molecular weight is 244 g/mol. The fourth-order valence-corrected chi connectivity index (χ4v) is 2.34. The fraction of sp³-hybridized carbons (Fsp3) is 0.533. The summed E-state index contributed by atoms with van der Waals surface area (Å²) in [5, 5.41) is 12.3. The number of hydrogen-bond donors (Lipinski definition) is 1. The van der Waals surface area contributed by atoms with Crippen molar-refractivity contribution in [3.8, 4) is 11.8 Å². The second-order valence-corrected chi connectivity index (χ2v) is 4.97. The maximum atomic E-state index is 8.84. The highest BCUT2D eigenvalue weighted by Crippen LogP contribution is 2.33. The zero-order valence-electron chi connectivity index (χ0n) is 11.1. The Bertz CT molecular complexity index is 450. The van der Waals surface area contributed by atoms with E-state index in [1.54, 1.807) is 0 Å². The first-order valence-electron chi connectivity index (χ1n) is 6.57. The van der Waals surface area contributed by atoms with Crippen LogP contribution in [0.3, 0.4) is 0 Å². The SMILES string of the molecule is Cc1cccc2c1OCCCC2NCC(C)C#N. The van der Waals surface area contributed by atoms with Crippen LogP contribution in [0.5, 0.6) is 5.75 Å². The van der Waals surface area contributed by atoms with Gasteiger partial charge in [-0.25, -0.2) is 0 Å². The quantitative estimate of drug-likeness (QED) is 0.889. The molecular formula is C15H20N2O. The summed E-state index contributed by atoms with van der Waals surface area (Å²) >= 11 is 0. The van der Waals surface area contributed by atoms with Crippen LogP contribution in [0.4, 0.5) is 0 Å². The van der Waals surface area contributed by atoms with E-state index >= 15 is 0 Å². The first-order valence-corrected chi connectivity index (χ1v) is 6.57. The van der Waals surface area contributed by atoms with E-state index in [-0.39, 0.29) is 5.92 Å². The van der Waals surface area contributed by atoms with E-state index in [1.165, 1.54) is 11.1 Å². The second kappa shape index (κ2) is 5.88. The minimum atomic E-state index is 0.0439. The van der Waals surface area contributed by atoms with Gasteiger partial charge in [0.2, 0.25) is 0 Å². The summed E-state index contributed by atoms with van der Waals surface area (Å²) in [5.41, 5.74) is 2.42. The van der Waals surface area contributed by atoms with E-state index in [4.69, 9.17) is 10.00 Å². The third kappa shape index (κ3) is 2.83. The molecule has 2 unspecified atom stereocenters. The molecule has 1 N–H and O–H groups in total. The lowest BCUT2D eigenvalue weighted by Gasteiger charge is -2.20. The molecule has 0 aliphatic carbocycles. The number of para-hydroxylation sites is 1. The van der Waals surface area contributed by atoms with Crippen molar-refractivity contribution in [2.24, 2.45) is 5.92 Å². The van der Waals surface area contributed by atoms with E-state index in [0.717, 1.165) is 31.7 Å². The van der Waals surface area contributed by atoms with Crippen molar-refractivity contribution in [1.82, 2.24) is 5.32 Å². The molecule has 3 heteroatoms. The van der Waals surface area contributed by atoms with E-state index in [9.17, 15) is 0 Å². The number of fused-ring (bicyclic) bond motifs is 1. The largest absolute Gasteiger partial charge is 0.493 e. The van der Waals surface area contributed by atoms with Crippen LogP contribution in [-0.4, -0.2) is 13.2 Å². The van der Waals surface area contributed by atoms with Crippen LogP contribution in [0.25, 0.3) is 0 Å². The smallest absolute Gasteiger partial charge is 0.126 e. The number of nitriles is 1. The molecule has 0 radical (unpaired) electrons. The third-order valence-electron chi connectivity index (χ3n) is 3.39. The Kier molecular flexibility index (Phi) is 4.22. The van der Waals surface area contributed by atoms with Gasteiger partial charge < -0.3 is 10.1 Å². The topological polar surface area (TPSA) is 45.0 Å². The highest BCUT2D eigenvalue weighted by Gasteiger charge is 2.20. The van der Waals surface area contributed by atoms with Crippen LogP contribution in [0, 0.1) is 24.2 Å². The molecule has 0 aromatic heterocycles. The molecule has 0 spiro atoms. The molecule has 1 heterocycles. The normalized spacial score (nSPS) is 20.2. The van der Waals surface area contributed by atoms with Gasteiger partial charge in [-0.15, -0.1) is 0 Å². The van der Waals surface area contributed by atoms with Crippen LogP contribution in [0.1, 0.15) is 36.9 Å². The van der Waals surface area contributed by atoms with E-state index < -0.39 is 0 Å². The minimum absolute atomic E-state index is 0.0439. The third-order valence-corrected chi connectivity index (χ3v) is 3.39. The lowest BCUT2D eigenvalue weighted by molar-refractivity contribution is 0.313. The molecule has 1 aliphatic rings. The molecule has 0 saturated carbocycles. The predicted octanol–water partition coefficient (Wildman–Crippen LogP) is 2.96. The highest BCUT2D eigenvalue weighted by atomic mass is 16.5. The Morgan fingerprint density at radius 2 is 2.39 bits per heavy atom. The fourth-order valence-electron chi connectivity index (χ4n) is 2.34. The summed E-state index contributed by atoms with van der Waals surface area (Å²) in [5.74, 6) is 1.07. The zero-order chi connectivity index (χ0) is 13.0. The standard InChI is InChI=1S/C15H20N2O/c1-11(9-16)10-17-14-7-4-8-18-15-12(2)5-3-6-13(14)15/h3,5-6,11,14,17H,4,7-8,10H2,1-2H3. The van der Waals surface area contributed by atoms with Gasteiger partial charge in [0.25, 0.3) is 0 Å². The van der Waals surface area contributed by atoms with Gasteiger partial charge in [-0.1, -0.05) is 18.2 Å². The van der Waals surface area contributed by atoms with Gasteiger partial charge in [-0.3, -0.25) is 0 Å². The molecular weight excluding hydrogens is 224 g/mol. The molecule has 0 bridgehead atoms. The van der Waals surface area contributed by atoms with Gasteiger partial charge >= 0.3 is 0 Å². The molecule has 1 aliphatic heterocycles. The van der Waals surface area contributed by atoms with Crippen molar-refractivity contribution in [1.29, 1.82) is 5.26 Å². The van der Waals surface area contributed by atoms with Crippen LogP contribution in [-0.2, 0) is 0 Å². The van der Waals surface area contributed by atoms with Crippen molar-refractivity contribution in [2.45, 2.75) is 32.7 Å². The van der Waals surface area contributed by atoms with Crippen LogP contribution in [0.15, 0.2) is 18.2 Å². The van der Waals surface area contributed by atoms with E-state index in [1.807, 2.05) is 6.92 Å². The lowest BCUT2D eigenvalue weighted by atomic mass is 9.99. The van der Waals surface area contributed by atoms with Gasteiger partial charge in [0.05, 0.1) is 18.6 Å². The lowest BCUT2D eigenvalue weighted by Crippen LogP contribution is -2.25. The number of aryl methyl sites for hydroxylation is 1. The first kappa shape index (κ1) is 12.9. The first-order chi connectivity index (χ1) is 8.72. The molecule has 0 saturated heterocycles. The molecule has 1 aromatic rings. The maximum absolute atomic E-state index is 8.84. The van der Waals surface area contributed by atoms with Crippen molar-refractivity contribution in [3.63, 3.8) is 0 Å². The number of ether oxygens (including phenoxy) is 1. The van der Waals surface area contributed by atoms with E-state index in [0.29, 0.717) is 6.04 Å².